The second-order valence-electron chi connectivity index (χ2n) is 7.08. The predicted octanol–water partition coefficient (Wildman–Crippen LogP) is 3.84. The fourth-order valence-corrected chi connectivity index (χ4v) is 2.22. The molecule has 132 valence electrons. The zero-order valence-corrected chi connectivity index (χ0v) is 17.1. The second kappa shape index (κ2) is 9.49. The first kappa shape index (κ1) is 20.3. The summed E-state index contributed by atoms with van der Waals surface area (Å²) in [5, 5.41) is 6.64. The SMILES string of the molecule is CCNC(=NCc1ncc(C(C)(C)C)o1)NCCCC1CC1.I. The number of aromatic nitrogens is 1. The summed E-state index contributed by atoms with van der Waals surface area (Å²) >= 11 is 0. The lowest BCUT2D eigenvalue weighted by Gasteiger charge is -2.13. The maximum atomic E-state index is 5.77. The first-order valence-electron chi connectivity index (χ1n) is 8.46. The average Bonchev–Trinajstić information content (AvgIpc) is 3.14. The van der Waals surface area contributed by atoms with Crippen molar-refractivity contribution in [2.45, 2.75) is 65.3 Å². The Hall–Kier alpha value is -0.790. The molecule has 0 aromatic carbocycles. The molecule has 1 aliphatic carbocycles. The van der Waals surface area contributed by atoms with E-state index in [0.29, 0.717) is 12.4 Å². The molecule has 0 atom stereocenters. The number of nitrogens with one attached hydrogen (secondary N) is 2. The maximum Gasteiger partial charge on any atom is 0.216 e. The van der Waals surface area contributed by atoms with Crippen LogP contribution in [0.5, 0.6) is 0 Å². The van der Waals surface area contributed by atoms with Crippen molar-refractivity contribution in [2.24, 2.45) is 10.9 Å². The van der Waals surface area contributed by atoms with Crippen LogP contribution in [0.15, 0.2) is 15.6 Å². The molecule has 0 radical (unpaired) electrons. The van der Waals surface area contributed by atoms with Gasteiger partial charge in [-0.25, -0.2) is 9.98 Å². The van der Waals surface area contributed by atoms with E-state index >= 15 is 0 Å². The molecule has 0 spiro atoms. The number of oxazole rings is 1. The highest BCUT2D eigenvalue weighted by atomic mass is 127. The largest absolute Gasteiger partial charge is 0.443 e. The molecular weight excluding hydrogens is 403 g/mol. The van der Waals surface area contributed by atoms with E-state index in [4.69, 9.17) is 4.42 Å². The lowest BCUT2D eigenvalue weighted by Crippen LogP contribution is -2.37. The zero-order valence-electron chi connectivity index (χ0n) is 14.8. The summed E-state index contributed by atoms with van der Waals surface area (Å²) < 4.78 is 5.77. The molecule has 0 amide bonds. The van der Waals surface area contributed by atoms with Gasteiger partial charge in [0.25, 0.3) is 0 Å². The van der Waals surface area contributed by atoms with Gasteiger partial charge in [0.05, 0.1) is 6.20 Å². The van der Waals surface area contributed by atoms with Crippen LogP contribution in [0.1, 0.15) is 65.0 Å². The second-order valence-corrected chi connectivity index (χ2v) is 7.08. The monoisotopic (exact) mass is 434 g/mol. The minimum absolute atomic E-state index is 0. The van der Waals surface area contributed by atoms with E-state index in [9.17, 15) is 0 Å². The Morgan fingerprint density at radius 1 is 1.35 bits per heavy atom. The van der Waals surface area contributed by atoms with Gasteiger partial charge in [0.15, 0.2) is 5.96 Å². The molecule has 23 heavy (non-hydrogen) atoms. The van der Waals surface area contributed by atoms with Gasteiger partial charge in [-0.2, -0.15) is 0 Å². The number of guanidine groups is 1. The molecule has 1 fully saturated rings. The van der Waals surface area contributed by atoms with Crippen LogP contribution >= 0.6 is 24.0 Å². The van der Waals surface area contributed by atoms with Crippen molar-refractivity contribution in [3.63, 3.8) is 0 Å². The van der Waals surface area contributed by atoms with E-state index < -0.39 is 0 Å². The van der Waals surface area contributed by atoms with Gasteiger partial charge in [-0.15, -0.1) is 24.0 Å². The molecule has 0 unspecified atom stereocenters. The molecule has 2 rings (SSSR count). The summed E-state index contributed by atoms with van der Waals surface area (Å²) in [4.78, 5) is 8.86. The van der Waals surface area contributed by atoms with Crippen molar-refractivity contribution >= 4 is 29.9 Å². The Morgan fingerprint density at radius 2 is 2.09 bits per heavy atom. The molecule has 0 aliphatic heterocycles. The fourth-order valence-electron chi connectivity index (χ4n) is 2.22. The summed E-state index contributed by atoms with van der Waals surface area (Å²) in [6.45, 7) is 10.7. The molecule has 1 aromatic rings. The number of hydrogen-bond donors (Lipinski definition) is 2. The first-order chi connectivity index (χ1) is 10.5. The molecule has 0 saturated heterocycles. The van der Waals surface area contributed by atoms with E-state index in [-0.39, 0.29) is 29.4 Å². The van der Waals surface area contributed by atoms with E-state index in [1.54, 1.807) is 6.20 Å². The van der Waals surface area contributed by atoms with E-state index in [2.05, 4.69) is 48.3 Å². The zero-order chi connectivity index (χ0) is 16.0. The van der Waals surface area contributed by atoms with Crippen molar-refractivity contribution in [1.82, 2.24) is 15.6 Å². The summed E-state index contributed by atoms with van der Waals surface area (Å²) in [5.41, 5.74) is -0.0134. The normalized spacial score (nSPS) is 15.2. The Kier molecular flexibility index (Phi) is 8.36. The summed E-state index contributed by atoms with van der Waals surface area (Å²) in [5.74, 6) is 3.40. The number of halogens is 1. The molecule has 6 heteroatoms. The summed E-state index contributed by atoms with van der Waals surface area (Å²) in [6.07, 6.45) is 7.20. The minimum Gasteiger partial charge on any atom is -0.443 e. The minimum atomic E-state index is -0.0134. The van der Waals surface area contributed by atoms with Gasteiger partial charge in [-0.05, 0) is 25.7 Å². The van der Waals surface area contributed by atoms with Crippen LogP contribution < -0.4 is 10.6 Å². The maximum absolute atomic E-state index is 5.77. The smallest absolute Gasteiger partial charge is 0.216 e. The van der Waals surface area contributed by atoms with Crippen molar-refractivity contribution < 1.29 is 4.42 Å². The van der Waals surface area contributed by atoms with E-state index in [0.717, 1.165) is 30.7 Å². The van der Waals surface area contributed by atoms with Gasteiger partial charge in [0, 0.05) is 18.5 Å². The highest BCUT2D eigenvalue weighted by molar-refractivity contribution is 14.0. The third-order valence-electron chi connectivity index (χ3n) is 3.79. The highest BCUT2D eigenvalue weighted by Gasteiger charge is 2.20. The van der Waals surface area contributed by atoms with Crippen LogP contribution in [0.4, 0.5) is 0 Å². The Balaban J connectivity index is 0.00000264. The van der Waals surface area contributed by atoms with Crippen LogP contribution in [-0.2, 0) is 12.0 Å². The molecule has 5 nitrogen and oxygen atoms in total. The lowest BCUT2D eigenvalue weighted by atomic mass is 9.94. The number of hydrogen-bond acceptors (Lipinski definition) is 3. The lowest BCUT2D eigenvalue weighted by molar-refractivity contribution is 0.383. The average molecular weight is 434 g/mol. The van der Waals surface area contributed by atoms with Gasteiger partial charge in [-0.3, -0.25) is 0 Å². The number of aliphatic imine (C=N–C) groups is 1. The van der Waals surface area contributed by atoms with Crippen molar-refractivity contribution in [3.05, 3.63) is 17.8 Å². The standard InChI is InChI=1S/C17H30N4O.HI/c1-5-18-16(19-10-6-7-13-8-9-13)21-12-15-20-11-14(22-15)17(2,3)4;/h11,13H,5-10,12H2,1-4H3,(H2,18,19,21);1H. The highest BCUT2D eigenvalue weighted by Crippen LogP contribution is 2.33. The van der Waals surface area contributed by atoms with Crippen LogP contribution in [0.2, 0.25) is 0 Å². The van der Waals surface area contributed by atoms with Crippen LogP contribution in [0, 0.1) is 5.92 Å². The van der Waals surface area contributed by atoms with Crippen molar-refractivity contribution in [1.29, 1.82) is 0 Å². The van der Waals surface area contributed by atoms with Crippen molar-refractivity contribution in [3.8, 4) is 0 Å². The first-order valence-corrected chi connectivity index (χ1v) is 8.46. The fraction of sp³-hybridized carbons (Fsp3) is 0.765. The molecular formula is C17H31IN4O. The summed E-state index contributed by atoms with van der Waals surface area (Å²) in [6, 6.07) is 0. The van der Waals surface area contributed by atoms with E-state index in [1.807, 2.05) is 0 Å². The van der Waals surface area contributed by atoms with Gasteiger partial charge >= 0.3 is 0 Å². The van der Waals surface area contributed by atoms with Gasteiger partial charge < -0.3 is 15.1 Å². The quantitative estimate of drug-likeness (QED) is 0.296. The third-order valence-corrected chi connectivity index (χ3v) is 3.79. The van der Waals surface area contributed by atoms with Gasteiger partial charge in [0.2, 0.25) is 5.89 Å². The number of rotatable bonds is 7. The summed E-state index contributed by atoms with van der Waals surface area (Å²) in [7, 11) is 0. The van der Waals surface area contributed by atoms with Crippen LogP contribution in [0.25, 0.3) is 0 Å². The molecule has 0 bridgehead atoms. The van der Waals surface area contributed by atoms with Gasteiger partial charge in [0.1, 0.15) is 12.3 Å². The molecule has 1 aromatic heterocycles. The third kappa shape index (κ3) is 7.54. The Bertz CT molecular complexity index is 489. The topological polar surface area (TPSA) is 62.5 Å². The molecule has 1 heterocycles. The van der Waals surface area contributed by atoms with Crippen LogP contribution in [0.3, 0.4) is 0 Å². The van der Waals surface area contributed by atoms with Crippen molar-refractivity contribution in [2.75, 3.05) is 13.1 Å². The van der Waals surface area contributed by atoms with Gasteiger partial charge in [-0.1, -0.05) is 33.6 Å². The molecule has 1 aliphatic rings. The van der Waals surface area contributed by atoms with E-state index in [1.165, 1.54) is 25.7 Å². The Morgan fingerprint density at radius 3 is 2.65 bits per heavy atom. The van der Waals surface area contributed by atoms with Crippen LogP contribution in [-0.4, -0.2) is 24.0 Å². The molecule has 1 saturated carbocycles. The molecule has 2 N–H and O–H groups in total. The predicted molar refractivity (Wildman–Crippen MR) is 105 cm³/mol. The number of nitrogens with zero attached hydrogens (tertiary/aromatic N) is 2. The Labute approximate surface area is 157 Å².